The molecule has 0 aromatic heterocycles. The lowest BCUT2D eigenvalue weighted by Crippen LogP contribution is -2.57. The maximum absolute atomic E-state index is 13.4. The Balaban J connectivity index is 1.64. The highest BCUT2D eigenvalue weighted by molar-refractivity contribution is 6.21. The molecule has 0 saturated carbocycles. The van der Waals surface area contributed by atoms with Crippen molar-refractivity contribution in [3.63, 3.8) is 0 Å². The number of urea groups is 1. The number of hydrogen-bond acceptors (Lipinski definition) is 9. The van der Waals surface area contributed by atoms with Crippen molar-refractivity contribution in [2.24, 2.45) is 0 Å². The van der Waals surface area contributed by atoms with Crippen LogP contribution in [0.2, 0.25) is 0 Å². The van der Waals surface area contributed by atoms with Crippen LogP contribution in [0.1, 0.15) is 18.4 Å². The van der Waals surface area contributed by atoms with E-state index in [-0.39, 0.29) is 51.8 Å². The number of β-amino-alcohol motifs (C(OH)–C–C–N with tert-alkyl or cyclic N) is 2. The molecule has 1 aliphatic heterocycles. The van der Waals surface area contributed by atoms with E-state index in [4.69, 9.17) is 4.74 Å². The monoisotopic (exact) mass is 571 g/mol. The number of carbonyl (C=O) groups excluding carboxylic acids is 5. The minimum atomic E-state index is -1.63. The number of alkyl carbamates (subject to hydrolysis) is 1. The van der Waals surface area contributed by atoms with E-state index in [0.29, 0.717) is 29.0 Å². The van der Waals surface area contributed by atoms with Crippen LogP contribution in [0, 0.1) is 0 Å². The number of nitrogens with zero attached hydrogens (tertiary/aromatic N) is 2. The number of aliphatic hydroxyl groups is 2. The van der Waals surface area contributed by atoms with Crippen molar-refractivity contribution in [1.29, 1.82) is 0 Å². The van der Waals surface area contributed by atoms with Crippen LogP contribution in [0.3, 0.4) is 0 Å². The maximum Gasteiger partial charge on any atom is 0.407 e. The number of amides is 5. The fourth-order valence-corrected chi connectivity index (χ4v) is 4.12. The molecule has 2 aromatic rings. The first-order valence-electron chi connectivity index (χ1n) is 12.9. The van der Waals surface area contributed by atoms with Crippen molar-refractivity contribution < 1.29 is 43.7 Å². The standard InChI is InChI=1S/C27H33N5O9/c1-40-22(35)10-5-11-28-27(39)41-17-18-6-4-7-19(16-18)29-26(38)30-23-24(36)31(12-14-33)20-8-2-3-9-21(20)32(13-15-34)25(23)37/h2-4,6-9,16,23,33-34H,5,10-15,17H2,1H3,(H,28,39)(H2,29,30,38). The third kappa shape index (κ3) is 8.40. The van der Waals surface area contributed by atoms with Crippen molar-refractivity contribution in [2.75, 3.05) is 55.1 Å². The Labute approximate surface area is 236 Å². The predicted molar refractivity (Wildman–Crippen MR) is 147 cm³/mol. The zero-order valence-electron chi connectivity index (χ0n) is 22.5. The summed E-state index contributed by atoms with van der Waals surface area (Å²) in [6, 6.07) is 10.5. The average molecular weight is 572 g/mol. The van der Waals surface area contributed by atoms with E-state index < -0.39 is 30.0 Å². The number of ether oxygens (including phenoxy) is 2. The fraction of sp³-hybridized carbons (Fsp3) is 0.370. The number of methoxy groups -OCH3 is 1. The first-order valence-corrected chi connectivity index (χ1v) is 12.9. The van der Waals surface area contributed by atoms with Crippen molar-refractivity contribution in [1.82, 2.24) is 10.6 Å². The minimum absolute atomic E-state index is 0.107. The molecular formula is C27H33N5O9. The fourth-order valence-electron chi connectivity index (χ4n) is 4.12. The molecule has 14 nitrogen and oxygen atoms in total. The van der Waals surface area contributed by atoms with Gasteiger partial charge in [-0.05, 0) is 36.2 Å². The summed E-state index contributed by atoms with van der Waals surface area (Å²) in [4.78, 5) is 65.1. The first kappa shape index (κ1) is 30.8. The van der Waals surface area contributed by atoms with Crippen LogP contribution in [0.25, 0.3) is 0 Å². The second-order valence-corrected chi connectivity index (χ2v) is 8.83. The van der Waals surface area contributed by atoms with Crippen LogP contribution in [-0.2, 0) is 30.5 Å². The second-order valence-electron chi connectivity index (χ2n) is 8.83. The van der Waals surface area contributed by atoms with Crippen molar-refractivity contribution in [3.05, 3.63) is 54.1 Å². The van der Waals surface area contributed by atoms with Crippen molar-refractivity contribution >= 4 is 47.0 Å². The molecule has 14 heteroatoms. The van der Waals surface area contributed by atoms with E-state index >= 15 is 0 Å². The van der Waals surface area contributed by atoms with Gasteiger partial charge in [-0.15, -0.1) is 0 Å². The second kappa shape index (κ2) is 15.2. The van der Waals surface area contributed by atoms with Crippen LogP contribution in [0.15, 0.2) is 48.5 Å². The van der Waals surface area contributed by atoms with Gasteiger partial charge in [-0.1, -0.05) is 24.3 Å². The highest BCUT2D eigenvalue weighted by Gasteiger charge is 2.40. The van der Waals surface area contributed by atoms with E-state index in [2.05, 4.69) is 20.7 Å². The molecule has 5 N–H and O–H groups in total. The Morgan fingerprint density at radius 2 is 1.56 bits per heavy atom. The smallest absolute Gasteiger partial charge is 0.407 e. The lowest BCUT2D eigenvalue weighted by molar-refractivity contribution is -0.140. The summed E-state index contributed by atoms with van der Waals surface area (Å²) in [6.07, 6.45) is -0.127. The molecule has 0 atom stereocenters. The molecule has 3 rings (SSSR count). The highest BCUT2D eigenvalue weighted by Crippen LogP contribution is 2.33. The molecule has 1 aliphatic rings. The number of hydrogen-bond donors (Lipinski definition) is 5. The maximum atomic E-state index is 13.4. The number of aliphatic hydroxyl groups excluding tert-OH is 2. The zero-order chi connectivity index (χ0) is 29.8. The number of carbonyl (C=O) groups is 5. The van der Waals surface area contributed by atoms with Gasteiger partial charge in [-0.2, -0.15) is 0 Å². The zero-order valence-corrected chi connectivity index (χ0v) is 22.5. The molecule has 41 heavy (non-hydrogen) atoms. The van der Waals surface area contributed by atoms with Gasteiger partial charge in [-0.25, -0.2) is 9.59 Å². The summed E-state index contributed by atoms with van der Waals surface area (Å²) >= 11 is 0. The average Bonchev–Trinajstić information content (AvgIpc) is 3.04. The molecule has 0 aliphatic carbocycles. The number of rotatable bonds is 12. The molecule has 0 unspecified atom stereocenters. The van der Waals surface area contributed by atoms with Crippen LogP contribution < -0.4 is 25.8 Å². The summed E-state index contributed by atoms with van der Waals surface area (Å²) in [5, 5.41) is 26.6. The molecule has 0 radical (unpaired) electrons. The number of anilines is 3. The van der Waals surface area contributed by atoms with Gasteiger partial charge >= 0.3 is 18.1 Å². The number of para-hydroxylation sites is 2. The number of nitrogens with one attached hydrogen (secondary N) is 3. The van der Waals surface area contributed by atoms with E-state index in [9.17, 15) is 34.2 Å². The third-order valence-corrected chi connectivity index (χ3v) is 6.02. The Bertz CT molecular complexity index is 1210. The van der Waals surface area contributed by atoms with Gasteiger partial charge in [0.05, 0.1) is 31.7 Å². The Hall–Kier alpha value is -4.69. The number of benzene rings is 2. The molecule has 0 fully saturated rings. The molecule has 5 amide bonds. The highest BCUT2D eigenvalue weighted by atomic mass is 16.5. The van der Waals surface area contributed by atoms with Crippen LogP contribution in [0.4, 0.5) is 26.7 Å². The summed E-state index contributed by atoms with van der Waals surface area (Å²) in [5.41, 5.74) is 1.57. The lowest BCUT2D eigenvalue weighted by atomic mass is 10.2. The van der Waals surface area contributed by atoms with Gasteiger partial charge in [0.1, 0.15) is 6.61 Å². The van der Waals surface area contributed by atoms with Crippen LogP contribution >= 0.6 is 0 Å². The first-order chi connectivity index (χ1) is 19.8. The normalized spacial score (nSPS) is 13.2. The van der Waals surface area contributed by atoms with Gasteiger partial charge in [0.2, 0.25) is 0 Å². The molecule has 0 spiro atoms. The predicted octanol–water partition coefficient (Wildman–Crippen LogP) is 0.721. The summed E-state index contributed by atoms with van der Waals surface area (Å²) in [6.45, 7) is -0.871. The van der Waals surface area contributed by atoms with Gasteiger partial charge in [0.25, 0.3) is 11.8 Å². The summed E-state index contributed by atoms with van der Waals surface area (Å²) in [7, 11) is 1.28. The van der Waals surface area contributed by atoms with Crippen molar-refractivity contribution in [3.8, 4) is 0 Å². The Morgan fingerprint density at radius 3 is 2.15 bits per heavy atom. The number of fused-ring (bicyclic) bond motifs is 1. The van der Waals surface area contributed by atoms with E-state index in [1.165, 1.54) is 16.9 Å². The van der Waals surface area contributed by atoms with Crippen LogP contribution in [-0.4, -0.2) is 86.1 Å². The Morgan fingerprint density at radius 1 is 0.927 bits per heavy atom. The molecular weight excluding hydrogens is 538 g/mol. The summed E-state index contributed by atoms with van der Waals surface area (Å²) in [5.74, 6) is -1.87. The van der Waals surface area contributed by atoms with Crippen molar-refractivity contribution in [2.45, 2.75) is 25.5 Å². The lowest BCUT2D eigenvalue weighted by Gasteiger charge is -2.24. The molecule has 1 heterocycles. The molecule has 0 saturated heterocycles. The molecule has 220 valence electrons. The third-order valence-electron chi connectivity index (χ3n) is 6.02. The van der Waals surface area contributed by atoms with Gasteiger partial charge in [0.15, 0.2) is 6.04 Å². The van der Waals surface area contributed by atoms with E-state index in [1.807, 2.05) is 0 Å². The number of esters is 1. The van der Waals surface area contributed by atoms with Gasteiger partial charge < -0.3 is 45.4 Å². The largest absolute Gasteiger partial charge is 0.469 e. The quantitative estimate of drug-likeness (QED) is 0.139. The van der Waals surface area contributed by atoms with E-state index in [1.54, 1.807) is 48.5 Å². The summed E-state index contributed by atoms with van der Waals surface area (Å²) < 4.78 is 9.68. The van der Waals surface area contributed by atoms with Gasteiger partial charge in [-0.3, -0.25) is 14.4 Å². The van der Waals surface area contributed by atoms with E-state index in [0.717, 1.165) is 0 Å². The minimum Gasteiger partial charge on any atom is -0.469 e. The van der Waals surface area contributed by atoms with Crippen LogP contribution in [0.5, 0.6) is 0 Å². The molecule has 0 bridgehead atoms. The van der Waals surface area contributed by atoms with Gasteiger partial charge in [0, 0.05) is 31.7 Å². The SMILES string of the molecule is COC(=O)CCCNC(=O)OCc1cccc(NC(=O)NC2C(=O)N(CCO)c3ccccc3N(CCO)C2=O)c1. The Kier molecular flexibility index (Phi) is 11.4. The molecule has 2 aromatic carbocycles. The topological polar surface area (TPSA) is 187 Å².